The highest BCUT2D eigenvalue weighted by Crippen LogP contribution is 2.49. The van der Waals surface area contributed by atoms with Crippen molar-refractivity contribution in [3.63, 3.8) is 0 Å². The quantitative estimate of drug-likeness (QED) is 0.598. The number of fused-ring (bicyclic) bond motifs is 1. The predicted octanol–water partition coefficient (Wildman–Crippen LogP) is 2.12. The molecule has 2 nitrogen and oxygen atoms in total. The fourth-order valence-electron chi connectivity index (χ4n) is 2.16. The number of hydrogen-bond acceptors (Lipinski definition) is 1. The molecular formula is C10H12N2. The molecule has 62 valence electrons. The molecular weight excluding hydrogens is 148 g/mol. The molecule has 2 atom stereocenters. The zero-order chi connectivity index (χ0) is 7.97. The van der Waals surface area contributed by atoms with Gasteiger partial charge in [0.05, 0.1) is 0 Å². The summed E-state index contributed by atoms with van der Waals surface area (Å²) in [5.41, 5.74) is 1.43. The van der Waals surface area contributed by atoms with Gasteiger partial charge in [0.2, 0.25) is 0 Å². The number of nitrogens with zero attached hydrogens (tertiary/aromatic N) is 2. The van der Waals surface area contributed by atoms with Crippen LogP contribution in [0, 0.1) is 11.8 Å². The Bertz CT molecular complexity index is 311. The van der Waals surface area contributed by atoms with Gasteiger partial charge < -0.3 is 0 Å². The molecule has 0 N–H and O–H groups in total. The van der Waals surface area contributed by atoms with E-state index in [1.807, 2.05) is 29.2 Å². The van der Waals surface area contributed by atoms with Crippen LogP contribution in [0.5, 0.6) is 0 Å². The highest BCUT2D eigenvalue weighted by Gasteiger charge is 2.45. The van der Waals surface area contributed by atoms with Crippen LogP contribution in [-0.4, -0.2) is 10.4 Å². The van der Waals surface area contributed by atoms with Crippen molar-refractivity contribution in [1.29, 1.82) is 0 Å². The molecule has 2 heteroatoms. The minimum absolute atomic E-state index is 0.854. The van der Waals surface area contributed by atoms with Crippen LogP contribution < -0.4 is 0 Å². The van der Waals surface area contributed by atoms with Gasteiger partial charge >= 0.3 is 0 Å². The van der Waals surface area contributed by atoms with E-state index < -0.39 is 0 Å². The van der Waals surface area contributed by atoms with Gasteiger partial charge in [0.1, 0.15) is 0 Å². The lowest BCUT2D eigenvalue weighted by Crippen LogP contribution is -1.99. The number of hydrogen-bond donors (Lipinski definition) is 0. The topological polar surface area (TPSA) is 17.3 Å². The minimum Gasteiger partial charge on any atom is -0.248 e. The Labute approximate surface area is 71.9 Å². The molecule has 0 radical (unpaired) electrons. The Hall–Kier alpha value is -1.05. The van der Waals surface area contributed by atoms with E-state index >= 15 is 0 Å². The first-order valence-electron chi connectivity index (χ1n) is 4.64. The van der Waals surface area contributed by atoms with Gasteiger partial charge in [0.15, 0.2) is 0 Å². The third kappa shape index (κ3) is 0.909. The summed E-state index contributed by atoms with van der Waals surface area (Å²) in [7, 11) is 0. The summed E-state index contributed by atoms with van der Waals surface area (Å²) in [6.07, 6.45) is 8.02. The van der Waals surface area contributed by atoms with Crippen molar-refractivity contribution >= 4 is 5.71 Å². The molecule has 2 saturated carbocycles. The van der Waals surface area contributed by atoms with Crippen molar-refractivity contribution in [3.8, 4) is 0 Å². The van der Waals surface area contributed by atoms with Crippen LogP contribution in [0.1, 0.15) is 19.3 Å². The smallest absolute Gasteiger partial charge is 0.0422 e. The van der Waals surface area contributed by atoms with E-state index in [1.54, 1.807) is 0 Å². The van der Waals surface area contributed by atoms with Gasteiger partial charge in [-0.15, -0.1) is 0 Å². The largest absolute Gasteiger partial charge is 0.248 e. The van der Waals surface area contributed by atoms with Crippen LogP contribution >= 0.6 is 0 Å². The zero-order valence-corrected chi connectivity index (χ0v) is 6.98. The van der Waals surface area contributed by atoms with Crippen molar-refractivity contribution in [1.82, 2.24) is 4.68 Å². The molecule has 1 aromatic heterocycles. The van der Waals surface area contributed by atoms with E-state index in [2.05, 4.69) is 5.10 Å². The average Bonchev–Trinajstić information content (AvgIpc) is 2.54. The highest BCUT2D eigenvalue weighted by molar-refractivity contribution is 5.91. The van der Waals surface area contributed by atoms with Crippen molar-refractivity contribution in [2.24, 2.45) is 16.9 Å². The summed E-state index contributed by atoms with van der Waals surface area (Å²) in [5, 5.41) is 4.57. The van der Waals surface area contributed by atoms with Crippen molar-refractivity contribution in [2.75, 3.05) is 0 Å². The second-order valence-electron chi connectivity index (χ2n) is 3.80. The standard InChI is InChI=1S/C10H12N2/c1-2-6-12(5-1)11-10-4-3-8-7-9(8)10/h1-2,5-6,8-9H,3-4,7H2/b11-10-/t8-,9+/m0/s1. The molecule has 0 unspecified atom stereocenters. The SMILES string of the molecule is c1ccn(/N=C2/CC[C@H]3C[C@@H]23)c1. The molecule has 1 heterocycles. The van der Waals surface area contributed by atoms with Gasteiger partial charge in [-0.25, -0.2) is 4.68 Å². The van der Waals surface area contributed by atoms with Gasteiger partial charge in [0.25, 0.3) is 0 Å². The van der Waals surface area contributed by atoms with E-state index in [1.165, 1.54) is 25.0 Å². The molecule has 2 fully saturated rings. The molecule has 2 aliphatic carbocycles. The summed E-state index contributed by atoms with van der Waals surface area (Å²) < 4.78 is 1.93. The molecule has 3 rings (SSSR count). The van der Waals surface area contributed by atoms with Crippen LogP contribution in [0.4, 0.5) is 0 Å². The van der Waals surface area contributed by atoms with Crippen LogP contribution in [-0.2, 0) is 0 Å². The maximum atomic E-state index is 4.57. The Morgan fingerprint density at radius 3 is 2.75 bits per heavy atom. The second kappa shape index (κ2) is 2.22. The Morgan fingerprint density at radius 2 is 2.17 bits per heavy atom. The summed E-state index contributed by atoms with van der Waals surface area (Å²) in [6, 6.07) is 4.03. The van der Waals surface area contributed by atoms with Crippen molar-refractivity contribution in [2.45, 2.75) is 19.3 Å². The summed E-state index contributed by atoms with van der Waals surface area (Å²) in [4.78, 5) is 0. The zero-order valence-electron chi connectivity index (χ0n) is 6.98. The van der Waals surface area contributed by atoms with E-state index in [0.29, 0.717) is 0 Å². The van der Waals surface area contributed by atoms with Crippen molar-refractivity contribution in [3.05, 3.63) is 24.5 Å². The molecule has 1 aromatic rings. The molecule has 0 saturated heterocycles. The normalized spacial score (nSPS) is 35.5. The molecule has 0 spiro atoms. The van der Waals surface area contributed by atoms with Crippen LogP contribution in [0.2, 0.25) is 0 Å². The number of aromatic nitrogens is 1. The van der Waals surface area contributed by atoms with Gasteiger partial charge in [-0.05, 0) is 37.3 Å². The summed E-state index contributed by atoms with van der Waals surface area (Å²) in [5.74, 6) is 1.85. The first-order chi connectivity index (χ1) is 5.93. The van der Waals surface area contributed by atoms with Gasteiger partial charge in [-0.3, -0.25) is 0 Å². The third-order valence-corrected chi connectivity index (χ3v) is 2.95. The third-order valence-electron chi connectivity index (χ3n) is 2.95. The van der Waals surface area contributed by atoms with E-state index in [0.717, 1.165) is 11.8 Å². The van der Waals surface area contributed by atoms with Crippen LogP contribution in [0.3, 0.4) is 0 Å². The molecule has 2 aliphatic rings. The van der Waals surface area contributed by atoms with Crippen molar-refractivity contribution < 1.29 is 0 Å². The van der Waals surface area contributed by atoms with E-state index in [4.69, 9.17) is 0 Å². The molecule has 0 amide bonds. The monoisotopic (exact) mass is 160 g/mol. The first-order valence-corrected chi connectivity index (χ1v) is 4.64. The fraction of sp³-hybridized carbons (Fsp3) is 0.500. The Morgan fingerprint density at radius 1 is 1.33 bits per heavy atom. The second-order valence-corrected chi connectivity index (χ2v) is 3.80. The van der Waals surface area contributed by atoms with Crippen LogP contribution in [0.15, 0.2) is 29.6 Å². The maximum Gasteiger partial charge on any atom is 0.0422 e. The molecule has 0 bridgehead atoms. The Kier molecular flexibility index (Phi) is 1.20. The Balaban J connectivity index is 1.88. The summed E-state index contributed by atoms with van der Waals surface area (Å²) >= 11 is 0. The lowest BCUT2D eigenvalue weighted by atomic mass is 10.2. The highest BCUT2D eigenvalue weighted by atomic mass is 15.3. The lowest BCUT2D eigenvalue weighted by Gasteiger charge is -1.98. The van der Waals surface area contributed by atoms with Crippen LogP contribution in [0.25, 0.3) is 0 Å². The molecule has 0 aromatic carbocycles. The van der Waals surface area contributed by atoms with E-state index in [9.17, 15) is 0 Å². The fourth-order valence-corrected chi connectivity index (χ4v) is 2.16. The first kappa shape index (κ1) is 6.46. The van der Waals surface area contributed by atoms with Gasteiger partial charge in [0, 0.05) is 24.0 Å². The van der Waals surface area contributed by atoms with Gasteiger partial charge in [-0.1, -0.05) is 0 Å². The molecule has 0 aliphatic heterocycles. The molecule has 12 heavy (non-hydrogen) atoms. The number of rotatable bonds is 1. The lowest BCUT2D eigenvalue weighted by molar-refractivity contribution is 0.790. The van der Waals surface area contributed by atoms with E-state index in [-0.39, 0.29) is 0 Å². The summed E-state index contributed by atoms with van der Waals surface area (Å²) in [6.45, 7) is 0. The van der Waals surface area contributed by atoms with Gasteiger partial charge in [-0.2, -0.15) is 5.10 Å². The predicted molar refractivity (Wildman–Crippen MR) is 48.1 cm³/mol. The maximum absolute atomic E-state index is 4.57. The average molecular weight is 160 g/mol. The minimum atomic E-state index is 0.854.